The highest BCUT2D eigenvalue weighted by Crippen LogP contribution is 2.56. The van der Waals surface area contributed by atoms with E-state index in [4.69, 9.17) is 18.9 Å². The molecule has 9 nitrogen and oxygen atoms in total. The van der Waals surface area contributed by atoms with Crippen LogP contribution >= 0.6 is 0 Å². The van der Waals surface area contributed by atoms with Crippen molar-refractivity contribution in [2.24, 2.45) is 11.8 Å². The van der Waals surface area contributed by atoms with Crippen LogP contribution in [0.3, 0.4) is 0 Å². The molecule has 4 fully saturated rings. The zero-order chi connectivity index (χ0) is 24.2. The van der Waals surface area contributed by atoms with Crippen LogP contribution in [0.15, 0.2) is 0 Å². The molecular formula is C24H38N2O7. The highest BCUT2D eigenvalue weighted by Gasteiger charge is 2.68. The number of carbonyl (C=O) groups is 3. The summed E-state index contributed by atoms with van der Waals surface area (Å²) in [6, 6.07) is -0.0792. The fraction of sp³-hybridized carbons (Fsp3) is 0.875. The van der Waals surface area contributed by atoms with Crippen molar-refractivity contribution in [3.63, 3.8) is 0 Å². The van der Waals surface area contributed by atoms with E-state index in [9.17, 15) is 14.4 Å². The van der Waals surface area contributed by atoms with Crippen molar-refractivity contribution < 1.29 is 33.3 Å². The number of carbonyl (C=O) groups excluding carboxylic acids is 3. The number of methoxy groups -OCH3 is 3. The predicted molar refractivity (Wildman–Crippen MR) is 118 cm³/mol. The first-order valence-electron chi connectivity index (χ1n) is 12.0. The topological polar surface area (TPSA) is 94.6 Å². The third-order valence-electron chi connectivity index (χ3n) is 8.22. The number of nitrogens with zero attached hydrogens (tertiary/aromatic N) is 2. The number of hydrogen-bond donors (Lipinski definition) is 0. The molecule has 0 saturated carbocycles. The van der Waals surface area contributed by atoms with E-state index < -0.39 is 28.5 Å². The lowest BCUT2D eigenvalue weighted by Gasteiger charge is -2.43. The van der Waals surface area contributed by atoms with Gasteiger partial charge in [-0.1, -0.05) is 0 Å². The summed E-state index contributed by atoms with van der Waals surface area (Å²) in [5.74, 6) is -1.10. The summed E-state index contributed by atoms with van der Waals surface area (Å²) in [4.78, 5) is 43.8. The Morgan fingerprint density at radius 3 is 1.88 bits per heavy atom. The molecule has 0 aromatic carbocycles. The molecule has 0 aromatic heterocycles. The smallest absolute Gasteiger partial charge is 0.411 e. The van der Waals surface area contributed by atoms with Crippen molar-refractivity contribution in [2.75, 3.05) is 34.5 Å². The first-order chi connectivity index (χ1) is 15.5. The van der Waals surface area contributed by atoms with Crippen molar-refractivity contribution in [1.82, 2.24) is 9.80 Å². The molecule has 0 N–H and O–H groups in total. The molecule has 0 aliphatic carbocycles. The van der Waals surface area contributed by atoms with Gasteiger partial charge in [-0.2, -0.15) is 0 Å². The summed E-state index contributed by atoms with van der Waals surface area (Å²) in [7, 11) is 4.60. The number of esters is 1. The van der Waals surface area contributed by atoms with Crippen LogP contribution in [0.25, 0.3) is 0 Å². The Bertz CT molecular complexity index is 811. The maximum Gasteiger partial charge on any atom is 0.411 e. The van der Waals surface area contributed by atoms with E-state index in [-0.39, 0.29) is 43.3 Å². The average Bonchev–Trinajstić information content (AvgIpc) is 3.45. The van der Waals surface area contributed by atoms with Crippen LogP contribution < -0.4 is 0 Å². The van der Waals surface area contributed by atoms with Gasteiger partial charge in [-0.3, -0.25) is 14.5 Å². The summed E-state index contributed by atoms with van der Waals surface area (Å²) >= 11 is 0. The van der Waals surface area contributed by atoms with E-state index in [0.29, 0.717) is 25.7 Å². The lowest BCUT2D eigenvalue weighted by molar-refractivity contribution is -0.154. The molecule has 4 aliphatic rings. The predicted octanol–water partition coefficient (Wildman–Crippen LogP) is 2.36. The highest BCUT2D eigenvalue weighted by molar-refractivity contribution is 5.87. The van der Waals surface area contributed by atoms with Crippen LogP contribution in [0.4, 0.5) is 4.79 Å². The second-order valence-corrected chi connectivity index (χ2v) is 11.1. The Balaban J connectivity index is 1.67. The largest absolute Gasteiger partial charge is 0.469 e. The molecular weight excluding hydrogens is 428 g/mol. The molecule has 186 valence electrons. The van der Waals surface area contributed by atoms with Crippen molar-refractivity contribution in [3.05, 3.63) is 0 Å². The van der Waals surface area contributed by atoms with Crippen LogP contribution in [0.1, 0.15) is 59.3 Å². The summed E-state index contributed by atoms with van der Waals surface area (Å²) < 4.78 is 22.0. The first kappa shape index (κ1) is 24.3. The van der Waals surface area contributed by atoms with Gasteiger partial charge in [0.25, 0.3) is 0 Å². The van der Waals surface area contributed by atoms with Gasteiger partial charge < -0.3 is 23.8 Å². The maximum absolute atomic E-state index is 14.3. The maximum atomic E-state index is 14.3. The molecule has 0 aromatic rings. The van der Waals surface area contributed by atoms with E-state index >= 15 is 0 Å². The molecule has 0 spiro atoms. The molecule has 4 aliphatic heterocycles. The molecule has 0 unspecified atom stereocenters. The van der Waals surface area contributed by atoms with Crippen molar-refractivity contribution in [1.29, 1.82) is 0 Å². The first-order valence-corrected chi connectivity index (χ1v) is 12.0. The Kier molecular flexibility index (Phi) is 6.18. The Labute approximate surface area is 196 Å². The third-order valence-corrected chi connectivity index (χ3v) is 8.22. The zero-order valence-electron chi connectivity index (χ0n) is 20.7. The van der Waals surface area contributed by atoms with Gasteiger partial charge in [0.1, 0.15) is 5.60 Å². The molecule has 4 bridgehead atoms. The van der Waals surface area contributed by atoms with E-state index in [1.807, 2.05) is 25.7 Å². The minimum atomic E-state index is -0.740. The average molecular weight is 467 g/mol. The normalized spacial score (nSPS) is 37.0. The summed E-state index contributed by atoms with van der Waals surface area (Å²) in [5, 5.41) is 0. The van der Waals surface area contributed by atoms with E-state index in [2.05, 4.69) is 0 Å². The van der Waals surface area contributed by atoms with E-state index in [0.717, 1.165) is 12.8 Å². The molecule has 4 saturated heterocycles. The lowest BCUT2D eigenvalue weighted by atomic mass is 9.75. The molecule has 2 amide bonds. The molecule has 0 radical (unpaired) electrons. The fourth-order valence-corrected chi connectivity index (χ4v) is 7.16. The molecule has 33 heavy (non-hydrogen) atoms. The van der Waals surface area contributed by atoms with Crippen LogP contribution in [-0.4, -0.2) is 91.1 Å². The van der Waals surface area contributed by atoms with Crippen LogP contribution in [-0.2, 0) is 28.5 Å². The fourth-order valence-electron chi connectivity index (χ4n) is 7.16. The number of hydrogen-bond acceptors (Lipinski definition) is 7. The molecule has 9 heteroatoms. The van der Waals surface area contributed by atoms with Crippen LogP contribution in [0, 0.1) is 11.8 Å². The van der Waals surface area contributed by atoms with Crippen molar-refractivity contribution >= 4 is 18.0 Å². The SMILES string of the molecule is COC[C@@]12CC[C@@H](C[C@H]1C(=O)N1[C@H]3CC[C@]1(COC)[C@H](C(=O)OC)C3)N2C(=O)OC(C)(C)C. The quantitative estimate of drug-likeness (QED) is 0.555. The van der Waals surface area contributed by atoms with Gasteiger partial charge in [0.15, 0.2) is 0 Å². The van der Waals surface area contributed by atoms with Gasteiger partial charge in [0, 0.05) is 26.3 Å². The molecule has 6 atom stereocenters. The number of amides is 2. The monoisotopic (exact) mass is 466 g/mol. The molecule has 4 heterocycles. The second-order valence-electron chi connectivity index (χ2n) is 11.1. The second kappa shape index (κ2) is 8.41. The number of fused-ring (bicyclic) bond motifs is 4. The van der Waals surface area contributed by atoms with Gasteiger partial charge in [-0.05, 0) is 59.3 Å². The summed E-state index contributed by atoms with van der Waals surface area (Å²) in [6.45, 7) is 6.10. The lowest BCUT2D eigenvalue weighted by Crippen LogP contribution is -2.60. The van der Waals surface area contributed by atoms with E-state index in [1.54, 1.807) is 19.1 Å². The number of ether oxygens (including phenoxy) is 4. The van der Waals surface area contributed by atoms with Gasteiger partial charge in [0.2, 0.25) is 5.91 Å². The van der Waals surface area contributed by atoms with Crippen LogP contribution in [0.2, 0.25) is 0 Å². The highest BCUT2D eigenvalue weighted by atomic mass is 16.6. The number of rotatable bonds is 6. The minimum Gasteiger partial charge on any atom is -0.469 e. The summed E-state index contributed by atoms with van der Waals surface area (Å²) in [5.41, 5.74) is -2.07. The van der Waals surface area contributed by atoms with Crippen molar-refractivity contribution in [2.45, 2.75) is 88.1 Å². The zero-order valence-corrected chi connectivity index (χ0v) is 20.7. The molecule has 4 rings (SSSR count). The third kappa shape index (κ3) is 3.62. The minimum absolute atomic E-state index is 0.00578. The van der Waals surface area contributed by atoms with Crippen molar-refractivity contribution in [3.8, 4) is 0 Å². The van der Waals surface area contributed by atoms with Gasteiger partial charge in [0.05, 0.1) is 43.2 Å². The Hall–Kier alpha value is -1.87. The Morgan fingerprint density at radius 1 is 0.848 bits per heavy atom. The Morgan fingerprint density at radius 2 is 1.36 bits per heavy atom. The van der Waals surface area contributed by atoms with Crippen LogP contribution in [0.5, 0.6) is 0 Å². The standard InChI is InChI=1S/C24H38N2O7/c1-22(2,3)33-21(29)26-16-8-9-23(26,13-30-4)17(11-16)19(27)25-15-7-10-24(25,14-31-5)18(12-15)20(28)32-6/h15-18H,7-14H2,1-6H3/t15-,16-,17-,18-,23-,24-/m0/s1. The van der Waals surface area contributed by atoms with Gasteiger partial charge in [-0.25, -0.2) is 4.79 Å². The van der Waals surface area contributed by atoms with Gasteiger partial charge >= 0.3 is 12.1 Å². The van der Waals surface area contributed by atoms with Gasteiger partial charge in [-0.15, -0.1) is 0 Å². The summed E-state index contributed by atoms with van der Waals surface area (Å²) in [6.07, 6.45) is 3.84. The van der Waals surface area contributed by atoms with E-state index in [1.165, 1.54) is 7.11 Å².